The molecule has 0 bridgehead atoms. The Labute approximate surface area is 130 Å². The average Bonchev–Trinajstić information content (AvgIpc) is 2.46. The zero-order chi connectivity index (χ0) is 15.4. The largest absolute Gasteiger partial charge is 0.372 e. The Morgan fingerprint density at radius 3 is 2.62 bits per heavy atom. The summed E-state index contributed by atoms with van der Waals surface area (Å²) in [6.45, 7) is 7.71. The second-order valence-corrected chi connectivity index (χ2v) is 6.61. The lowest BCUT2D eigenvalue weighted by Gasteiger charge is -2.36. The number of amides is 1. The van der Waals surface area contributed by atoms with Gasteiger partial charge in [0.05, 0.1) is 29.3 Å². The fourth-order valence-electron chi connectivity index (χ4n) is 2.36. The summed E-state index contributed by atoms with van der Waals surface area (Å²) in [4.78, 5) is 18.5. The van der Waals surface area contributed by atoms with Crippen LogP contribution in [0.25, 0.3) is 0 Å². The molecule has 1 aliphatic rings. The molecule has 0 radical (unpaired) electrons. The van der Waals surface area contributed by atoms with E-state index in [0.29, 0.717) is 0 Å². The molecule has 116 valence electrons. The molecule has 1 fully saturated rings. The number of hydrogen-bond donors (Lipinski definition) is 1. The van der Waals surface area contributed by atoms with Gasteiger partial charge in [-0.1, -0.05) is 0 Å². The molecule has 6 heteroatoms. The zero-order valence-corrected chi connectivity index (χ0v) is 13.8. The summed E-state index contributed by atoms with van der Waals surface area (Å²) in [5.41, 5.74) is 0.735. The van der Waals surface area contributed by atoms with Crippen molar-refractivity contribution in [2.75, 3.05) is 29.6 Å². The van der Waals surface area contributed by atoms with E-state index < -0.39 is 0 Å². The maximum atomic E-state index is 11.8. The molecule has 0 aliphatic carbocycles. The van der Waals surface area contributed by atoms with Crippen molar-refractivity contribution in [2.45, 2.75) is 38.2 Å². The molecule has 2 rings (SSSR count). The molecule has 0 unspecified atom stereocenters. The highest BCUT2D eigenvalue weighted by atomic mass is 32.2. The SMILES string of the molecule is CS[C@@H](C)C(=O)Nc1ccc(N2C[C@@H](C)O[C@@H](C)C2)nc1. The van der Waals surface area contributed by atoms with Crippen LogP contribution in [0, 0.1) is 0 Å². The van der Waals surface area contributed by atoms with E-state index in [4.69, 9.17) is 4.74 Å². The minimum atomic E-state index is -0.0642. The van der Waals surface area contributed by atoms with E-state index in [2.05, 4.69) is 29.0 Å². The van der Waals surface area contributed by atoms with Crippen LogP contribution in [0.2, 0.25) is 0 Å². The van der Waals surface area contributed by atoms with Gasteiger partial charge in [0.25, 0.3) is 0 Å². The summed E-state index contributed by atoms with van der Waals surface area (Å²) < 4.78 is 5.72. The van der Waals surface area contributed by atoms with Crippen molar-refractivity contribution in [3.05, 3.63) is 18.3 Å². The van der Waals surface area contributed by atoms with Crippen LogP contribution in [0.4, 0.5) is 11.5 Å². The van der Waals surface area contributed by atoms with Gasteiger partial charge in [-0.3, -0.25) is 4.79 Å². The van der Waals surface area contributed by atoms with Crippen molar-refractivity contribution in [1.29, 1.82) is 0 Å². The highest BCUT2D eigenvalue weighted by Gasteiger charge is 2.23. The lowest BCUT2D eigenvalue weighted by atomic mass is 10.2. The third-order valence-corrected chi connectivity index (χ3v) is 4.40. The molecule has 1 aliphatic heterocycles. The lowest BCUT2D eigenvalue weighted by molar-refractivity contribution is -0.115. The Hall–Kier alpha value is -1.27. The van der Waals surface area contributed by atoms with Crippen molar-refractivity contribution in [1.82, 2.24) is 4.98 Å². The van der Waals surface area contributed by atoms with Crippen LogP contribution in [0.15, 0.2) is 18.3 Å². The molecule has 1 amide bonds. The van der Waals surface area contributed by atoms with Crippen molar-refractivity contribution in [3.8, 4) is 0 Å². The number of thioether (sulfide) groups is 1. The number of ether oxygens (including phenoxy) is 1. The van der Waals surface area contributed by atoms with E-state index in [-0.39, 0.29) is 23.4 Å². The van der Waals surface area contributed by atoms with Crippen molar-refractivity contribution < 1.29 is 9.53 Å². The van der Waals surface area contributed by atoms with Gasteiger partial charge in [0.1, 0.15) is 5.82 Å². The topological polar surface area (TPSA) is 54.5 Å². The highest BCUT2D eigenvalue weighted by molar-refractivity contribution is 7.99. The first-order valence-corrected chi connectivity index (χ1v) is 8.48. The van der Waals surface area contributed by atoms with Gasteiger partial charge < -0.3 is 15.0 Å². The second-order valence-electron chi connectivity index (χ2n) is 5.43. The molecule has 0 aromatic carbocycles. The molecule has 2 heterocycles. The molecule has 1 N–H and O–H groups in total. The number of rotatable bonds is 4. The highest BCUT2D eigenvalue weighted by Crippen LogP contribution is 2.20. The van der Waals surface area contributed by atoms with Crippen molar-refractivity contribution in [3.63, 3.8) is 0 Å². The zero-order valence-electron chi connectivity index (χ0n) is 13.0. The molecular weight excluding hydrogens is 286 g/mol. The maximum Gasteiger partial charge on any atom is 0.237 e. The van der Waals surface area contributed by atoms with E-state index in [1.165, 1.54) is 11.8 Å². The number of pyridine rings is 1. The van der Waals surface area contributed by atoms with E-state index in [1.54, 1.807) is 6.20 Å². The third kappa shape index (κ3) is 4.35. The predicted octanol–water partition coefficient (Wildman–Crippen LogP) is 2.39. The fourth-order valence-corrected chi connectivity index (χ4v) is 2.64. The smallest absolute Gasteiger partial charge is 0.237 e. The average molecular weight is 309 g/mol. The minimum absolute atomic E-state index is 0.00525. The molecule has 3 atom stereocenters. The Bertz CT molecular complexity index is 470. The second kappa shape index (κ2) is 7.13. The number of aromatic nitrogens is 1. The van der Waals surface area contributed by atoms with Crippen LogP contribution in [0.5, 0.6) is 0 Å². The van der Waals surface area contributed by atoms with E-state index >= 15 is 0 Å². The van der Waals surface area contributed by atoms with Gasteiger partial charge in [0, 0.05) is 13.1 Å². The van der Waals surface area contributed by atoms with Gasteiger partial charge in [-0.05, 0) is 39.2 Å². The first-order valence-electron chi connectivity index (χ1n) is 7.19. The standard InChI is InChI=1S/C15H23N3O2S/c1-10-8-18(9-11(2)20-10)14-6-5-13(7-16-14)17-15(19)12(3)21-4/h5-7,10-12H,8-9H2,1-4H3,(H,17,19)/t10-,11+,12-/m0/s1. The van der Waals surface area contributed by atoms with Gasteiger partial charge in [-0.25, -0.2) is 4.98 Å². The maximum absolute atomic E-state index is 11.8. The Morgan fingerprint density at radius 1 is 1.43 bits per heavy atom. The van der Waals surface area contributed by atoms with Gasteiger partial charge >= 0.3 is 0 Å². The molecule has 21 heavy (non-hydrogen) atoms. The van der Waals surface area contributed by atoms with Crippen LogP contribution in [0.1, 0.15) is 20.8 Å². The first kappa shape index (κ1) is 16.1. The Kier molecular flexibility index (Phi) is 5.47. The summed E-state index contributed by atoms with van der Waals surface area (Å²) in [5, 5.41) is 2.81. The monoisotopic (exact) mass is 309 g/mol. The molecule has 0 spiro atoms. The quantitative estimate of drug-likeness (QED) is 0.925. The summed E-state index contributed by atoms with van der Waals surface area (Å²) >= 11 is 1.52. The molecular formula is C15H23N3O2S. The van der Waals surface area contributed by atoms with Crippen LogP contribution in [0.3, 0.4) is 0 Å². The first-order chi connectivity index (χ1) is 9.99. The van der Waals surface area contributed by atoms with E-state index in [9.17, 15) is 4.79 Å². The van der Waals surface area contributed by atoms with Crippen LogP contribution in [-0.2, 0) is 9.53 Å². The molecule has 1 saturated heterocycles. The molecule has 5 nitrogen and oxygen atoms in total. The van der Waals surface area contributed by atoms with Gasteiger partial charge in [-0.2, -0.15) is 11.8 Å². The normalized spacial score (nSPS) is 23.7. The fraction of sp³-hybridized carbons (Fsp3) is 0.600. The van der Waals surface area contributed by atoms with Crippen LogP contribution < -0.4 is 10.2 Å². The summed E-state index contributed by atoms with van der Waals surface area (Å²) in [6.07, 6.45) is 4.05. The van der Waals surface area contributed by atoms with Gasteiger partial charge in [0.15, 0.2) is 0 Å². The molecule has 0 saturated carbocycles. The number of morpholine rings is 1. The number of carbonyl (C=O) groups excluding carboxylic acids is 1. The van der Waals surface area contributed by atoms with Gasteiger partial charge in [0.2, 0.25) is 5.91 Å². The number of anilines is 2. The number of hydrogen-bond acceptors (Lipinski definition) is 5. The number of nitrogens with zero attached hydrogens (tertiary/aromatic N) is 2. The van der Waals surface area contributed by atoms with Crippen LogP contribution >= 0.6 is 11.8 Å². The van der Waals surface area contributed by atoms with E-state index in [1.807, 2.05) is 25.3 Å². The number of nitrogens with one attached hydrogen (secondary N) is 1. The van der Waals surface area contributed by atoms with E-state index in [0.717, 1.165) is 24.6 Å². The van der Waals surface area contributed by atoms with Gasteiger partial charge in [-0.15, -0.1) is 0 Å². The van der Waals surface area contributed by atoms with Crippen molar-refractivity contribution in [2.24, 2.45) is 0 Å². The number of carbonyl (C=O) groups is 1. The Balaban J connectivity index is 2.00. The van der Waals surface area contributed by atoms with Crippen molar-refractivity contribution >= 4 is 29.2 Å². The Morgan fingerprint density at radius 2 is 2.10 bits per heavy atom. The predicted molar refractivity (Wildman–Crippen MR) is 88.1 cm³/mol. The van der Waals surface area contributed by atoms with Crippen LogP contribution in [-0.4, -0.2) is 47.7 Å². The molecule has 1 aromatic rings. The lowest BCUT2D eigenvalue weighted by Crippen LogP contribution is -2.45. The molecule has 1 aromatic heterocycles. The summed E-state index contributed by atoms with van der Waals surface area (Å²) in [7, 11) is 0. The third-order valence-electron chi connectivity index (χ3n) is 3.48. The summed E-state index contributed by atoms with van der Waals surface area (Å²) in [5.74, 6) is 0.929. The summed E-state index contributed by atoms with van der Waals surface area (Å²) in [6, 6.07) is 3.85. The minimum Gasteiger partial charge on any atom is -0.372 e.